The number of nitrogens with one attached hydrogen (secondary N) is 2. The molecule has 4 rings (SSSR count). The molecule has 10 heteroatoms. The molecule has 1 aliphatic carbocycles. The second-order valence-electron chi connectivity index (χ2n) is 7.89. The monoisotopic (exact) mass is 497 g/mol. The van der Waals surface area contributed by atoms with E-state index in [2.05, 4.69) is 10.6 Å². The molecule has 0 saturated heterocycles. The lowest BCUT2D eigenvalue weighted by Gasteiger charge is -2.10. The van der Waals surface area contributed by atoms with Gasteiger partial charge in [-0.15, -0.1) is 0 Å². The van der Waals surface area contributed by atoms with Crippen molar-refractivity contribution >= 4 is 40.8 Å². The molecule has 1 aromatic heterocycles. The quantitative estimate of drug-likeness (QED) is 0.485. The van der Waals surface area contributed by atoms with E-state index in [4.69, 9.17) is 16.3 Å². The highest BCUT2D eigenvalue weighted by Crippen LogP contribution is 2.48. The third-order valence-corrected chi connectivity index (χ3v) is 5.86. The van der Waals surface area contributed by atoms with Crippen molar-refractivity contribution in [2.75, 3.05) is 17.2 Å². The number of pyridine rings is 1. The van der Waals surface area contributed by atoms with Gasteiger partial charge in [0, 0.05) is 29.0 Å². The van der Waals surface area contributed by atoms with Crippen LogP contribution in [-0.2, 0) is 19.1 Å². The molecule has 1 fully saturated rings. The zero-order valence-electron chi connectivity index (χ0n) is 18.5. The van der Waals surface area contributed by atoms with Crippen LogP contribution in [-0.4, -0.2) is 29.0 Å². The van der Waals surface area contributed by atoms with Gasteiger partial charge in [0.1, 0.15) is 5.82 Å². The molecule has 8 nitrogen and oxygen atoms in total. The first-order valence-corrected chi connectivity index (χ1v) is 11.2. The number of aromatic nitrogens is 1. The Hall–Kier alpha value is -3.98. The Bertz CT molecular complexity index is 1340. The van der Waals surface area contributed by atoms with E-state index in [-0.39, 0.29) is 23.5 Å². The van der Waals surface area contributed by atoms with Crippen LogP contribution < -0.4 is 16.2 Å². The summed E-state index contributed by atoms with van der Waals surface area (Å²) in [6, 6.07) is 14.8. The molecule has 2 N–H and O–H groups in total. The second-order valence-corrected chi connectivity index (χ2v) is 8.32. The smallest absolute Gasteiger partial charge is 0.310 e. The molecule has 0 bridgehead atoms. The lowest BCUT2D eigenvalue weighted by atomic mass is 10.2. The number of halogens is 2. The van der Waals surface area contributed by atoms with Crippen LogP contribution in [0.3, 0.4) is 0 Å². The second kappa shape index (κ2) is 10.1. The van der Waals surface area contributed by atoms with Gasteiger partial charge in [-0.1, -0.05) is 17.7 Å². The Morgan fingerprint density at radius 1 is 0.971 bits per heavy atom. The largest absolute Gasteiger partial charge is 0.466 e. The number of amides is 2. The van der Waals surface area contributed by atoms with Crippen molar-refractivity contribution in [2.45, 2.75) is 6.92 Å². The summed E-state index contributed by atoms with van der Waals surface area (Å²) in [5.74, 6) is -5.68. The molecule has 3 atom stereocenters. The molecule has 0 unspecified atom stereocenters. The van der Waals surface area contributed by atoms with Gasteiger partial charge < -0.3 is 15.4 Å². The van der Waals surface area contributed by atoms with Gasteiger partial charge in [0.15, 0.2) is 0 Å². The highest BCUT2D eigenvalue weighted by Gasteiger charge is 2.63. The van der Waals surface area contributed by atoms with Crippen molar-refractivity contribution in [3.05, 3.63) is 88.1 Å². The molecule has 2 aromatic carbocycles. The van der Waals surface area contributed by atoms with Crippen molar-refractivity contribution in [3.63, 3.8) is 0 Å². The van der Waals surface area contributed by atoms with E-state index < -0.39 is 41.4 Å². The maximum Gasteiger partial charge on any atom is 0.310 e. The van der Waals surface area contributed by atoms with Crippen LogP contribution in [0.1, 0.15) is 6.92 Å². The summed E-state index contributed by atoms with van der Waals surface area (Å²) in [5.41, 5.74) is 0.246. The highest BCUT2D eigenvalue weighted by atomic mass is 35.5. The van der Waals surface area contributed by atoms with E-state index >= 15 is 0 Å². The van der Waals surface area contributed by atoms with Crippen LogP contribution in [0, 0.1) is 23.6 Å². The van der Waals surface area contributed by atoms with Gasteiger partial charge in [-0.05, 0) is 49.4 Å². The van der Waals surface area contributed by atoms with E-state index in [1.165, 1.54) is 29.0 Å². The minimum atomic E-state index is -1.03. The number of esters is 1. The third kappa shape index (κ3) is 5.25. The van der Waals surface area contributed by atoms with Crippen LogP contribution in [0.5, 0.6) is 0 Å². The average molecular weight is 498 g/mol. The van der Waals surface area contributed by atoms with Crippen LogP contribution >= 0.6 is 11.6 Å². The number of hydrogen-bond acceptors (Lipinski definition) is 5. The lowest BCUT2D eigenvalue weighted by Crippen LogP contribution is -2.21. The Morgan fingerprint density at radius 3 is 2.29 bits per heavy atom. The minimum absolute atomic E-state index is 0.0874. The summed E-state index contributed by atoms with van der Waals surface area (Å²) in [6.45, 7) is 1.71. The fourth-order valence-electron chi connectivity index (χ4n) is 3.87. The maximum absolute atomic E-state index is 14.8. The summed E-state index contributed by atoms with van der Waals surface area (Å²) < 4.78 is 21.0. The molecular formula is C25H21ClFN3O5. The van der Waals surface area contributed by atoms with Gasteiger partial charge in [-0.2, -0.15) is 0 Å². The minimum Gasteiger partial charge on any atom is -0.466 e. The molecule has 1 aliphatic rings. The summed E-state index contributed by atoms with van der Waals surface area (Å²) >= 11 is 5.86. The number of ether oxygens (including phenoxy) is 1. The van der Waals surface area contributed by atoms with Gasteiger partial charge in [0.2, 0.25) is 11.8 Å². The van der Waals surface area contributed by atoms with Gasteiger partial charge in [0.25, 0.3) is 5.56 Å². The van der Waals surface area contributed by atoms with Crippen molar-refractivity contribution in [3.8, 4) is 5.69 Å². The molecule has 35 heavy (non-hydrogen) atoms. The number of carbonyl (C=O) groups excluding carboxylic acids is 3. The number of hydrogen-bond donors (Lipinski definition) is 2. The predicted octanol–water partition coefficient (Wildman–Crippen LogP) is 3.63. The summed E-state index contributed by atoms with van der Waals surface area (Å²) in [7, 11) is 0. The Kier molecular flexibility index (Phi) is 6.97. The SMILES string of the molecule is CCOC(=O)[C@H]1[C@H](C(=O)Nc2ccc(-n3ccccc3=O)cc2F)[C@@H]1C(=O)Nc1ccc(Cl)cc1. The Labute approximate surface area is 204 Å². The molecule has 0 spiro atoms. The molecule has 3 aromatic rings. The number of rotatable bonds is 7. The normalized spacial score (nSPS) is 18.4. The molecule has 0 radical (unpaired) electrons. The first-order chi connectivity index (χ1) is 16.8. The Balaban J connectivity index is 1.51. The number of nitrogens with zero attached hydrogens (tertiary/aromatic N) is 1. The van der Waals surface area contributed by atoms with E-state index in [0.717, 1.165) is 6.07 Å². The fourth-order valence-corrected chi connectivity index (χ4v) is 3.99. The Morgan fingerprint density at radius 2 is 1.66 bits per heavy atom. The van der Waals surface area contributed by atoms with Crippen LogP contribution in [0.4, 0.5) is 15.8 Å². The van der Waals surface area contributed by atoms with Crippen LogP contribution in [0.15, 0.2) is 71.7 Å². The van der Waals surface area contributed by atoms with E-state index in [1.807, 2.05) is 0 Å². The standard InChI is InChI=1S/C25H21ClFN3O5/c1-2-35-25(34)22-20(23(32)28-15-8-6-14(26)7-9-15)21(22)24(33)29-18-11-10-16(13-17(18)27)30-12-4-3-5-19(30)31/h3-13,20-22H,2H2,1H3,(H,28,32)(H,29,33)/t20-,21+,22+/m0/s1. The first kappa shape index (κ1) is 24.2. The van der Waals surface area contributed by atoms with Crippen molar-refractivity contribution in [1.82, 2.24) is 4.57 Å². The molecule has 180 valence electrons. The van der Waals surface area contributed by atoms with Crippen molar-refractivity contribution < 1.29 is 23.5 Å². The van der Waals surface area contributed by atoms with Crippen molar-refractivity contribution in [2.24, 2.45) is 17.8 Å². The zero-order valence-corrected chi connectivity index (χ0v) is 19.3. The summed E-state index contributed by atoms with van der Waals surface area (Å²) in [5, 5.41) is 5.59. The van der Waals surface area contributed by atoms with Crippen LogP contribution in [0.25, 0.3) is 5.69 Å². The van der Waals surface area contributed by atoms with Gasteiger partial charge in [0.05, 0.1) is 35.7 Å². The molecule has 1 saturated carbocycles. The molecule has 0 aliphatic heterocycles. The predicted molar refractivity (Wildman–Crippen MR) is 128 cm³/mol. The number of anilines is 2. The van der Waals surface area contributed by atoms with Gasteiger partial charge >= 0.3 is 5.97 Å². The van der Waals surface area contributed by atoms with Gasteiger partial charge in [-0.25, -0.2) is 4.39 Å². The van der Waals surface area contributed by atoms with Crippen LogP contribution in [0.2, 0.25) is 5.02 Å². The lowest BCUT2D eigenvalue weighted by molar-refractivity contribution is -0.146. The number of carbonyl (C=O) groups is 3. The average Bonchev–Trinajstić information content (AvgIpc) is 3.59. The maximum atomic E-state index is 14.8. The molecule has 2 amide bonds. The zero-order chi connectivity index (χ0) is 25.1. The molecular weight excluding hydrogens is 477 g/mol. The summed E-state index contributed by atoms with van der Waals surface area (Å²) in [4.78, 5) is 50.1. The third-order valence-electron chi connectivity index (χ3n) is 5.61. The first-order valence-electron chi connectivity index (χ1n) is 10.8. The van der Waals surface area contributed by atoms with E-state index in [0.29, 0.717) is 10.7 Å². The van der Waals surface area contributed by atoms with E-state index in [9.17, 15) is 23.6 Å². The topological polar surface area (TPSA) is 106 Å². The highest BCUT2D eigenvalue weighted by molar-refractivity contribution is 6.30. The van der Waals surface area contributed by atoms with Crippen molar-refractivity contribution in [1.29, 1.82) is 0 Å². The summed E-state index contributed by atoms with van der Waals surface area (Å²) in [6.07, 6.45) is 1.49. The number of benzene rings is 2. The van der Waals surface area contributed by atoms with Gasteiger partial charge in [-0.3, -0.25) is 23.7 Å². The van der Waals surface area contributed by atoms with E-state index in [1.54, 1.807) is 43.3 Å². The fraction of sp³-hybridized carbons (Fsp3) is 0.200. The molecule has 1 heterocycles.